The van der Waals surface area contributed by atoms with E-state index >= 15 is 0 Å². The Morgan fingerprint density at radius 2 is 2.20 bits per heavy atom. The summed E-state index contributed by atoms with van der Waals surface area (Å²) in [5.41, 5.74) is 1.74. The first kappa shape index (κ1) is 10.3. The highest BCUT2D eigenvalue weighted by Gasteiger charge is 2.16. The molecule has 0 aliphatic rings. The molecule has 0 radical (unpaired) electrons. The van der Waals surface area contributed by atoms with E-state index in [4.69, 9.17) is 5.11 Å². The van der Waals surface area contributed by atoms with Gasteiger partial charge >= 0.3 is 5.97 Å². The van der Waals surface area contributed by atoms with Gasteiger partial charge in [-0.1, -0.05) is 0 Å². The summed E-state index contributed by atoms with van der Waals surface area (Å²) in [4.78, 5) is 16.5. The van der Waals surface area contributed by atoms with E-state index in [2.05, 4.69) is 4.98 Å². The molecule has 2 rings (SSSR count). The number of nitrogens with zero attached hydrogens (tertiary/aromatic N) is 1. The van der Waals surface area contributed by atoms with Crippen molar-refractivity contribution < 1.29 is 9.90 Å². The van der Waals surface area contributed by atoms with Gasteiger partial charge in [0.1, 0.15) is 9.88 Å². The predicted molar refractivity (Wildman–Crippen MR) is 61.9 cm³/mol. The largest absolute Gasteiger partial charge is 0.477 e. The number of carbonyl (C=O) groups is 1. The number of hydrogen-bond donors (Lipinski definition) is 1. The first-order chi connectivity index (χ1) is 7.09. The molecule has 3 nitrogen and oxygen atoms in total. The minimum Gasteiger partial charge on any atom is -0.477 e. The summed E-state index contributed by atoms with van der Waals surface area (Å²) in [5.74, 6) is -0.898. The van der Waals surface area contributed by atoms with Crippen molar-refractivity contribution in [3.05, 3.63) is 27.6 Å². The lowest BCUT2D eigenvalue weighted by Crippen LogP contribution is -1.94. The molecular weight excluding hydrogens is 230 g/mol. The van der Waals surface area contributed by atoms with Crippen LogP contribution in [0.3, 0.4) is 0 Å². The molecule has 2 aromatic rings. The highest BCUT2D eigenvalue weighted by molar-refractivity contribution is 7.22. The number of thiophene rings is 1. The predicted octanol–water partition coefficient (Wildman–Crippen LogP) is 3.19. The van der Waals surface area contributed by atoms with E-state index in [0.29, 0.717) is 10.6 Å². The van der Waals surface area contributed by atoms with Crippen LogP contribution in [-0.2, 0) is 0 Å². The van der Waals surface area contributed by atoms with Crippen molar-refractivity contribution in [3.63, 3.8) is 0 Å². The second-order valence-electron chi connectivity index (χ2n) is 3.17. The number of thiazole rings is 1. The van der Waals surface area contributed by atoms with Crippen LogP contribution >= 0.6 is 22.7 Å². The first-order valence-electron chi connectivity index (χ1n) is 4.35. The zero-order valence-electron chi connectivity index (χ0n) is 8.27. The molecule has 15 heavy (non-hydrogen) atoms. The topological polar surface area (TPSA) is 50.2 Å². The van der Waals surface area contributed by atoms with Crippen LogP contribution in [0.15, 0.2) is 11.4 Å². The number of aryl methyl sites for hydroxylation is 2. The fourth-order valence-electron chi connectivity index (χ4n) is 1.28. The second-order valence-corrected chi connectivity index (χ2v) is 5.09. The fourth-order valence-corrected chi connectivity index (χ4v) is 3.27. The standard InChI is InChI=1S/C10H9NO2S2/c1-5-3-4-14-7(5)9-11-6(2)8(15-9)10(12)13/h3-4H,1-2H3,(H,12,13). The first-order valence-corrected chi connectivity index (χ1v) is 6.04. The summed E-state index contributed by atoms with van der Waals surface area (Å²) >= 11 is 2.83. The highest BCUT2D eigenvalue weighted by Crippen LogP contribution is 2.33. The van der Waals surface area contributed by atoms with Crippen LogP contribution in [0.2, 0.25) is 0 Å². The molecule has 2 aromatic heterocycles. The summed E-state index contributed by atoms with van der Waals surface area (Å²) < 4.78 is 0. The van der Waals surface area contributed by atoms with Gasteiger partial charge in [0.05, 0.1) is 10.6 Å². The summed E-state index contributed by atoms with van der Waals surface area (Å²) in [6.07, 6.45) is 0. The Morgan fingerprint density at radius 3 is 2.67 bits per heavy atom. The molecule has 0 saturated carbocycles. The van der Waals surface area contributed by atoms with Gasteiger partial charge in [0.15, 0.2) is 0 Å². The molecule has 0 bridgehead atoms. The lowest BCUT2D eigenvalue weighted by atomic mass is 10.3. The highest BCUT2D eigenvalue weighted by atomic mass is 32.1. The van der Waals surface area contributed by atoms with Gasteiger partial charge in [-0.15, -0.1) is 22.7 Å². The molecule has 2 heterocycles. The quantitative estimate of drug-likeness (QED) is 0.875. The molecule has 5 heteroatoms. The van der Waals surface area contributed by atoms with Crippen molar-refractivity contribution in [2.45, 2.75) is 13.8 Å². The van der Waals surface area contributed by atoms with Crippen LogP contribution in [0.25, 0.3) is 9.88 Å². The van der Waals surface area contributed by atoms with Crippen LogP contribution in [0.5, 0.6) is 0 Å². The molecule has 0 fully saturated rings. The molecule has 78 valence electrons. The summed E-state index contributed by atoms with van der Waals surface area (Å²) in [6, 6.07) is 2.01. The van der Waals surface area contributed by atoms with E-state index in [1.54, 1.807) is 18.3 Å². The fraction of sp³-hybridized carbons (Fsp3) is 0.200. The van der Waals surface area contributed by atoms with Crippen molar-refractivity contribution in [3.8, 4) is 9.88 Å². The van der Waals surface area contributed by atoms with Crippen LogP contribution in [0.1, 0.15) is 20.9 Å². The van der Waals surface area contributed by atoms with Crippen LogP contribution in [-0.4, -0.2) is 16.1 Å². The Morgan fingerprint density at radius 1 is 1.47 bits per heavy atom. The SMILES string of the molecule is Cc1ccsc1-c1nc(C)c(C(=O)O)s1. The van der Waals surface area contributed by atoms with E-state index in [1.165, 1.54) is 11.3 Å². The maximum Gasteiger partial charge on any atom is 0.347 e. The van der Waals surface area contributed by atoms with Crippen molar-refractivity contribution in [1.82, 2.24) is 4.98 Å². The molecule has 0 spiro atoms. The van der Waals surface area contributed by atoms with Crippen LogP contribution in [0, 0.1) is 13.8 Å². The number of hydrogen-bond acceptors (Lipinski definition) is 4. The van der Waals surface area contributed by atoms with Crippen molar-refractivity contribution in [1.29, 1.82) is 0 Å². The Balaban J connectivity index is 2.52. The monoisotopic (exact) mass is 239 g/mol. The van der Waals surface area contributed by atoms with Gasteiger partial charge in [0.2, 0.25) is 0 Å². The number of carboxylic acid groups (broad SMARTS) is 1. The lowest BCUT2D eigenvalue weighted by Gasteiger charge is -1.90. The summed E-state index contributed by atoms with van der Waals surface area (Å²) in [7, 11) is 0. The zero-order chi connectivity index (χ0) is 11.0. The Kier molecular flexibility index (Phi) is 2.58. The van der Waals surface area contributed by atoms with Gasteiger partial charge in [-0.2, -0.15) is 0 Å². The normalized spacial score (nSPS) is 10.5. The average Bonchev–Trinajstić information content (AvgIpc) is 2.71. The molecule has 0 aliphatic heterocycles. The van der Waals surface area contributed by atoms with Gasteiger partial charge < -0.3 is 5.11 Å². The molecule has 0 aliphatic carbocycles. The second kappa shape index (κ2) is 3.75. The van der Waals surface area contributed by atoms with Gasteiger partial charge in [-0.05, 0) is 30.9 Å². The average molecular weight is 239 g/mol. The summed E-state index contributed by atoms with van der Waals surface area (Å²) in [5, 5.41) is 11.7. The molecule has 0 saturated heterocycles. The lowest BCUT2D eigenvalue weighted by molar-refractivity contribution is 0.0701. The number of rotatable bonds is 2. The summed E-state index contributed by atoms with van der Waals surface area (Å²) in [6.45, 7) is 3.73. The minimum atomic E-state index is -0.898. The third kappa shape index (κ3) is 1.80. The molecule has 1 N–H and O–H groups in total. The van der Waals surface area contributed by atoms with Gasteiger partial charge in [0, 0.05) is 0 Å². The Hall–Kier alpha value is -1.20. The molecule has 0 aromatic carbocycles. The molecule has 0 amide bonds. The van der Waals surface area contributed by atoms with E-state index < -0.39 is 5.97 Å². The maximum absolute atomic E-state index is 10.9. The van der Waals surface area contributed by atoms with Gasteiger partial charge in [-0.3, -0.25) is 0 Å². The van der Waals surface area contributed by atoms with Gasteiger partial charge in [0.25, 0.3) is 0 Å². The van der Waals surface area contributed by atoms with E-state index in [-0.39, 0.29) is 0 Å². The third-order valence-corrected chi connectivity index (χ3v) is 4.36. The maximum atomic E-state index is 10.9. The number of aromatic nitrogens is 1. The van der Waals surface area contributed by atoms with E-state index in [9.17, 15) is 4.79 Å². The van der Waals surface area contributed by atoms with E-state index in [1.807, 2.05) is 18.4 Å². The van der Waals surface area contributed by atoms with Crippen molar-refractivity contribution in [2.24, 2.45) is 0 Å². The molecular formula is C10H9NO2S2. The van der Waals surface area contributed by atoms with Crippen LogP contribution in [0.4, 0.5) is 0 Å². The zero-order valence-corrected chi connectivity index (χ0v) is 9.91. The van der Waals surface area contributed by atoms with Crippen LogP contribution < -0.4 is 0 Å². The van der Waals surface area contributed by atoms with Crippen molar-refractivity contribution in [2.75, 3.05) is 0 Å². The van der Waals surface area contributed by atoms with E-state index in [0.717, 1.165) is 15.4 Å². The number of aromatic carboxylic acids is 1. The van der Waals surface area contributed by atoms with Gasteiger partial charge in [-0.25, -0.2) is 9.78 Å². The molecule has 0 atom stereocenters. The minimum absolute atomic E-state index is 0.331. The Labute approximate surface area is 95.0 Å². The van der Waals surface area contributed by atoms with Crippen molar-refractivity contribution >= 4 is 28.6 Å². The Bertz CT molecular complexity index is 513. The number of carboxylic acids is 1. The smallest absolute Gasteiger partial charge is 0.347 e. The molecule has 0 unspecified atom stereocenters. The third-order valence-electron chi connectivity index (χ3n) is 2.05.